The highest BCUT2D eigenvalue weighted by Crippen LogP contribution is 2.10. The van der Waals surface area contributed by atoms with Crippen molar-refractivity contribution in [3.63, 3.8) is 0 Å². The van der Waals surface area contributed by atoms with Gasteiger partial charge < -0.3 is 5.73 Å². The number of halogens is 2. The van der Waals surface area contributed by atoms with Crippen LogP contribution in [0.15, 0.2) is 24.3 Å². The molecule has 70 valence electrons. The minimum atomic E-state index is -0.413. The van der Waals surface area contributed by atoms with Crippen LogP contribution in [-0.2, 0) is 11.2 Å². The summed E-state index contributed by atoms with van der Waals surface area (Å²) in [4.78, 5) is 10.3. The van der Waals surface area contributed by atoms with Crippen molar-refractivity contribution in [3.8, 4) is 0 Å². The number of rotatable bonds is 3. The van der Waals surface area contributed by atoms with Gasteiger partial charge in [-0.1, -0.05) is 28.1 Å². The Bertz CT molecular complexity index is 299. The number of amides is 1. The number of hydrogen-bond acceptors (Lipinski definition) is 1. The van der Waals surface area contributed by atoms with Crippen molar-refractivity contribution in [3.05, 3.63) is 35.6 Å². The van der Waals surface area contributed by atoms with E-state index in [2.05, 4.69) is 15.9 Å². The molecule has 0 aromatic heterocycles. The maximum absolute atomic E-state index is 12.5. The van der Waals surface area contributed by atoms with Gasteiger partial charge in [-0.05, 0) is 24.1 Å². The third-order valence-electron chi connectivity index (χ3n) is 1.64. The quantitative estimate of drug-likeness (QED) is 0.809. The van der Waals surface area contributed by atoms with Gasteiger partial charge in [0.15, 0.2) is 0 Å². The molecule has 13 heavy (non-hydrogen) atoms. The normalized spacial score (nSPS) is 12.5. The van der Waals surface area contributed by atoms with Gasteiger partial charge in [0.1, 0.15) is 5.82 Å². The molecule has 0 bridgehead atoms. The number of primary amides is 1. The largest absolute Gasteiger partial charge is 0.369 e. The SMILES string of the molecule is NC(=O)[C@@H](Br)Cc1ccc(F)cc1. The summed E-state index contributed by atoms with van der Waals surface area (Å²) in [6, 6.07) is 5.98. The van der Waals surface area contributed by atoms with Gasteiger partial charge in [-0.25, -0.2) is 4.39 Å². The summed E-state index contributed by atoms with van der Waals surface area (Å²) in [5, 5.41) is 0. The van der Waals surface area contributed by atoms with Gasteiger partial charge in [0.2, 0.25) is 5.91 Å². The molecule has 2 nitrogen and oxygen atoms in total. The first-order chi connectivity index (χ1) is 6.09. The summed E-state index contributed by atoms with van der Waals surface area (Å²) in [6.07, 6.45) is 0.482. The molecule has 0 aliphatic rings. The summed E-state index contributed by atoms with van der Waals surface area (Å²) in [5.41, 5.74) is 5.93. The fourth-order valence-electron chi connectivity index (χ4n) is 0.928. The molecule has 1 aromatic carbocycles. The average molecular weight is 246 g/mol. The monoisotopic (exact) mass is 245 g/mol. The van der Waals surface area contributed by atoms with Gasteiger partial charge in [0.05, 0.1) is 4.83 Å². The average Bonchev–Trinajstić information content (AvgIpc) is 2.08. The van der Waals surface area contributed by atoms with Gasteiger partial charge in [-0.3, -0.25) is 4.79 Å². The van der Waals surface area contributed by atoms with Crippen LogP contribution in [0.3, 0.4) is 0 Å². The van der Waals surface area contributed by atoms with Crippen LogP contribution in [-0.4, -0.2) is 10.7 Å². The summed E-state index contributed by atoms with van der Waals surface area (Å²) in [5.74, 6) is -0.696. The van der Waals surface area contributed by atoms with Crippen LogP contribution in [0.25, 0.3) is 0 Å². The molecule has 2 N–H and O–H groups in total. The molecular formula is C9H9BrFNO. The molecule has 1 rings (SSSR count). The van der Waals surface area contributed by atoms with Crippen molar-refractivity contribution in [2.75, 3.05) is 0 Å². The molecule has 0 unspecified atom stereocenters. The zero-order chi connectivity index (χ0) is 9.84. The van der Waals surface area contributed by atoms with E-state index in [0.717, 1.165) is 5.56 Å². The highest BCUT2D eigenvalue weighted by atomic mass is 79.9. The van der Waals surface area contributed by atoms with E-state index in [-0.39, 0.29) is 5.82 Å². The Labute approximate surface area is 84.1 Å². The lowest BCUT2D eigenvalue weighted by molar-refractivity contribution is -0.117. The molecule has 0 heterocycles. The molecule has 0 aliphatic carbocycles. The fraction of sp³-hybridized carbons (Fsp3) is 0.222. The van der Waals surface area contributed by atoms with Crippen molar-refractivity contribution in [1.29, 1.82) is 0 Å². The van der Waals surface area contributed by atoms with Crippen molar-refractivity contribution in [1.82, 2.24) is 0 Å². The second kappa shape index (κ2) is 4.37. The lowest BCUT2D eigenvalue weighted by Crippen LogP contribution is -2.24. The Hall–Kier alpha value is -0.900. The molecule has 1 aromatic rings. The van der Waals surface area contributed by atoms with E-state index in [1.54, 1.807) is 12.1 Å². The smallest absolute Gasteiger partial charge is 0.231 e. The van der Waals surface area contributed by atoms with E-state index in [1.807, 2.05) is 0 Å². The van der Waals surface area contributed by atoms with Crippen molar-refractivity contribution in [2.45, 2.75) is 11.2 Å². The summed E-state index contributed by atoms with van der Waals surface area (Å²) in [6.45, 7) is 0. The number of benzene rings is 1. The molecule has 0 aliphatic heterocycles. The molecule has 0 saturated heterocycles. The van der Waals surface area contributed by atoms with Crippen molar-refractivity contribution in [2.24, 2.45) is 5.73 Å². The number of carbonyl (C=O) groups is 1. The lowest BCUT2D eigenvalue weighted by Gasteiger charge is -2.04. The summed E-state index contributed by atoms with van der Waals surface area (Å²) in [7, 11) is 0. The Morgan fingerprint density at radius 2 is 2.00 bits per heavy atom. The predicted molar refractivity (Wildman–Crippen MR) is 52.0 cm³/mol. The van der Waals surface area contributed by atoms with Crippen LogP contribution in [0.4, 0.5) is 4.39 Å². The van der Waals surface area contributed by atoms with Crippen molar-refractivity contribution < 1.29 is 9.18 Å². The lowest BCUT2D eigenvalue weighted by atomic mass is 10.1. The third kappa shape index (κ3) is 3.14. The number of carbonyl (C=O) groups excluding carboxylic acids is 1. The Morgan fingerprint density at radius 1 is 1.46 bits per heavy atom. The predicted octanol–water partition coefficient (Wildman–Crippen LogP) is 1.62. The van der Waals surface area contributed by atoms with E-state index in [4.69, 9.17) is 5.73 Å². The van der Waals surface area contributed by atoms with Crippen LogP contribution in [0, 0.1) is 5.82 Å². The number of alkyl halides is 1. The van der Waals surface area contributed by atoms with E-state index < -0.39 is 10.7 Å². The van der Waals surface area contributed by atoms with Crippen LogP contribution in [0.5, 0.6) is 0 Å². The summed E-state index contributed by atoms with van der Waals surface area (Å²) < 4.78 is 12.5. The molecule has 0 fully saturated rings. The van der Waals surface area contributed by atoms with Gasteiger partial charge in [0.25, 0.3) is 0 Å². The van der Waals surface area contributed by atoms with Crippen LogP contribution in [0.1, 0.15) is 5.56 Å². The van der Waals surface area contributed by atoms with Crippen molar-refractivity contribution >= 4 is 21.8 Å². The Morgan fingerprint density at radius 3 is 2.46 bits per heavy atom. The molecule has 4 heteroatoms. The van der Waals surface area contributed by atoms with Gasteiger partial charge in [-0.2, -0.15) is 0 Å². The first kappa shape index (κ1) is 10.2. The fourth-order valence-corrected chi connectivity index (χ4v) is 1.30. The van der Waals surface area contributed by atoms with Crippen LogP contribution >= 0.6 is 15.9 Å². The Kier molecular flexibility index (Phi) is 3.42. The van der Waals surface area contributed by atoms with Crippen LogP contribution in [0.2, 0.25) is 0 Å². The molecule has 0 spiro atoms. The van der Waals surface area contributed by atoms with E-state index >= 15 is 0 Å². The van der Waals surface area contributed by atoms with E-state index in [1.165, 1.54) is 12.1 Å². The standard InChI is InChI=1S/C9H9BrFNO/c10-8(9(12)13)5-6-1-3-7(11)4-2-6/h1-4,8H,5H2,(H2,12,13)/t8-/m0/s1. The first-order valence-electron chi connectivity index (χ1n) is 3.77. The zero-order valence-corrected chi connectivity index (χ0v) is 8.42. The van der Waals surface area contributed by atoms with Crippen LogP contribution < -0.4 is 5.73 Å². The highest BCUT2D eigenvalue weighted by molar-refractivity contribution is 9.10. The highest BCUT2D eigenvalue weighted by Gasteiger charge is 2.10. The zero-order valence-electron chi connectivity index (χ0n) is 6.84. The minimum absolute atomic E-state index is 0.283. The van der Waals surface area contributed by atoms with Gasteiger partial charge >= 0.3 is 0 Å². The molecular weight excluding hydrogens is 237 g/mol. The molecule has 0 radical (unpaired) electrons. The first-order valence-corrected chi connectivity index (χ1v) is 4.69. The number of nitrogens with two attached hydrogens (primary N) is 1. The molecule has 0 saturated carbocycles. The second-order valence-electron chi connectivity index (χ2n) is 2.70. The van der Waals surface area contributed by atoms with Gasteiger partial charge in [0, 0.05) is 0 Å². The van der Waals surface area contributed by atoms with Gasteiger partial charge in [-0.15, -0.1) is 0 Å². The number of hydrogen-bond donors (Lipinski definition) is 1. The molecule has 1 atom stereocenters. The maximum atomic E-state index is 12.5. The third-order valence-corrected chi connectivity index (χ3v) is 2.41. The second-order valence-corrected chi connectivity index (χ2v) is 3.81. The maximum Gasteiger partial charge on any atom is 0.231 e. The summed E-state index contributed by atoms with van der Waals surface area (Å²) >= 11 is 3.13. The molecule has 1 amide bonds. The Balaban J connectivity index is 2.64. The van der Waals surface area contributed by atoms with E-state index in [9.17, 15) is 9.18 Å². The minimum Gasteiger partial charge on any atom is -0.369 e. The topological polar surface area (TPSA) is 43.1 Å². The van der Waals surface area contributed by atoms with E-state index in [0.29, 0.717) is 6.42 Å².